The molecule has 0 spiro atoms. The maximum Gasteiger partial charge on any atom is 0.239 e. The van der Waals surface area contributed by atoms with E-state index in [-0.39, 0.29) is 11.9 Å². The molecule has 0 saturated heterocycles. The van der Waals surface area contributed by atoms with Gasteiger partial charge >= 0.3 is 0 Å². The Hall–Kier alpha value is -0.570. The Morgan fingerprint density at radius 1 is 1.50 bits per heavy atom. The molecule has 0 atom stereocenters. The van der Waals surface area contributed by atoms with Gasteiger partial charge in [0.25, 0.3) is 0 Å². The van der Waals surface area contributed by atoms with Crippen LogP contribution in [-0.4, -0.2) is 17.5 Å². The Kier molecular flexibility index (Phi) is 2.84. The van der Waals surface area contributed by atoms with Crippen molar-refractivity contribution in [1.82, 2.24) is 5.32 Å². The van der Waals surface area contributed by atoms with Crippen LogP contribution in [0.15, 0.2) is 0 Å². The molecule has 1 amide bonds. The summed E-state index contributed by atoms with van der Waals surface area (Å²) in [5.74, 6) is -0.109. The molecule has 0 heterocycles. The highest BCUT2D eigenvalue weighted by Crippen LogP contribution is 1.96. The lowest BCUT2D eigenvalue weighted by Gasteiger charge is -2.19. The summed E-state index contributed by atoms with van der Waals surface area (Å²) >= 11 is 0. The first kappa shape index (κ1) is 9.43. The predicted octanol–water partition coefficient (Wildman–Crippen LogP) is 0.248. The van der Waals surface area contributed by atoms with Gasteiger partial charge in [0.15, 0.2) is 0 Å². The molecule has 0 aliphatic heterocycles. The first-order valence-electron chi connectivity index (χ1n) is 3.44. The Bertz CT molecular complexity index is 124. The van der Waals surface area contributed by atoms with Crippen LogP contribution >= 0.6 is 0 Å². The van der Waals surface area contributed by atoms with Crippen LogP contribution in [0.2, 0.25) is 0 Å². The van der Waals surface area contributed by atoms with Crippen molar-refractivity contribution in [3.63, 3.8) is 0 Å². The quantitative estimate of drug-likeness (QED) is 0.583. The SMILES string of the molecule is CC(C)NC(=O)C(C)(C)N. The van der Waals surface area contributed by atoms with Crippen LogP contribution in [0.1, 0.15) is 27.7 Å². The van der Waals surface area contributed by atoms with Gasteiger partial charge in [0.2, 0.25) is 5.91 Å². The summed E-state index contributed by atoms with van der Waals surface area (Å²) in [5, 5.41) is 2.72. The Morgan fingerprint density at radius 2 is 1.90 bits per heavy atom. The summed E-state index contributed by atoms with van der Waals surface area (Å²) in [5.41, 5.74) is 4.76. The molecule has 3 N–H and O–H groups in total. The molecule has 0 aromatic carbocycles. The smallest absolute Gasteiger partial charge is 0.239 e. The second-order valence-electron chi connectivity index (χ2n) is 3.35. The number of hydrogen-bond acceptors (Lipinski definition) is 2. The highest BCUT2D eigenvalue weighted by molar-refractivity contribution is 5.85. The molecule has 0 fully saturated rings. The van der Waals surface area contributed by atoms with E-state index in [1.54, 1.807) is 13.8 Å². The van der Waals surface area contributed by atoms with Crippen LogP contribution in [0, 0.1) is 0 Å². The van der Waals surface area contributed by atoms with E-state index in [0.29, 0.717) is 0 Å². The van der Waals surface area contributed by atoms with Gasteiger partial charge in [-0.1, -0.05) is 0 Å². The molecular formula is C7H16N2O. The minimum Gasteiger partial charge on any atom is -0.352 e. The third-order valence-corrected chi connectivity index (χ3v) is 1.00. The van der Waals surface area contributed by atoms with Crippen molar-refractivity contribution in [2.45, 2.75) is 39.3 Å². The minimum atomic E-state index is -0.760. The number of amides is 1. The van der Waals surface area contributed by atoms with E-state index in [9.17, 15) is 4.79 Å². The molecule has 10 heavy (non-hydrogen) atoms. The fourth-order valence-electron chi connectivity index (χ4n) is 0.448. The molecule has 0 aromatic rings. The van der Waals surface area contributed by atoms with Gasteiger partial charge in [-0.05, 0) is 27.7 Å². The average molecular weight is 144 g/mol. The van der Waals surface area contributed by atoms with Crippen molar-refractivity contribution in [3.05, 3.63) is 0 Å². The number of rotatable bonds is 2. The van der Waals surface area contributed by atoms with Gasteiger partial charge in [0.1, 0.15) is 0 Å². The predicted molar refractivity (Wildman–Crippen MR) is 41.5 cm³/mol. The zero-order chi connectivity index (χ0) is 8.36. The number of hydrogen-bond donors (Lipinski definition) is 2. The summed E-state index contributed by atoms with van der Waals surface area (Å²) in [6, 6.07) is 0.162. The first-order chi connectivity index (χ1) is 4.34. The van der Waals surface area contributed by atoms with Crippen LogP contribution in [0.25, 0.3) is 0 Å². The zero-order valence-electron chi connectivity index (χ0n) is 7.06. The van der Waals surface area contributed by atoms with Crippen LogP contribution in [0.4, 0.5) is 0 Å². The Balaban J connectivity index is 3.87. The van der Waals surface area contributed by atoms with Crippen molar-refractivity contribution < 1.29 is 4.79 Å². The van der Waals surface area contributed by atoms with E-state index < -0.39 is 5.54 Å². The highest BCUT2D eigenvalue weighted by Gasteiger charge is 2.21. The third kappa shape index (κ3) is 3.45. The van der Waals surface area contributed by atoms with Crippen molar-refractivity contribution >= 4 is 5.91 Å². The summed E-state index contributed by atoms with van der Waals surface area (Å²) in [4.78, 5) is 11.0. The standard InChI is InChI=1S/C7H16N2O/c1-5(2)9-6(10)7(3,4)8/h5H,8H2,1-4H3,(H,9,10). The van der Waals surface area contributed by atoms with E-state index >= 15 is 0 Å². The normalized spacial score (nSPS) is 11.8. The van der Waals surface area contributed by atoms with E-state index in [1.165, 1.54) is 0 Å². The minimum absolute atomic E-state index is 0.109. The van der Waals surface area contributed by atoms with Crippen molar-refractivity contribution in [2.24, 2.45) is 5.73 Å². The van der Waals surface area contributed by atoms with Gasteiger partial charge in [-0.3, -0.25) is 4.79 Å². The molecule has 60 valence electrons. The summed E-state index contributed by atoms with van der Waals surface area (Å²) < 4.78 is 0. The van der Waals surface area contributed by atoms with Crippen LogP contribution in [0.3, 0.4) is 0 Å². The van der Waals surface area contributed by atoms with Gasteiger partial charge in [0, 0.05) is 6.04 Å². The lowest BCUT2D eigenvalue weighted by molar-refractivity contribution is -0.125. The fourth-order valence-corrected chi connectivity index (χ4v) is 0.448. The van der Waals surface area contributed by atoms with E-state index in [1.807, 2.05) is 13.8 Å². The number of nitrogens with two attached hydrogens (primary N) is 1. The monoisotopic (exact) mass is 144 g/mol. The van der Waals surface area contributed by atoms with Gasteiger partial charge in [-0.15, -0.1) is 0 Å². The van der Waals surface area contributed by atoms with Crippen molar-refractivity contribution in [2.75, 3.05) is 0 Å². The van der Waals surface area contributed by atoms with Crippen LogP contribution < -0.4 is 11.1 Å². The van der Waals surface area contributed by atoms with Gasteiger partial charge in [0.05, 0.1) is 5.54 Å². The number of nitrogens with one attached hydrogen (secondary N) is 1. The fraction of sp³-hybridized carbons (Fsp3) is 0.857. The zero-order valence-corrected chi connectivity index (χ0v) is 7.06. The van der Waals surface area contributed by atoms with Gasteiger partial charge < -0.3 is 11.1 Å². The molecule has 0 saturated carbocycles. The van der Waals surface area contributed by atoms with Crippen molar-refractivity contribution in [3.8, 4) is 0 Å². The van der Waals surface area contributed by atoms with Crippen molar-refractivity contribution in [1.29, 1.82) is 0 Å². The van der Waals surface area contributed by atoms with Crippen LogP contribution in [-0.2, 0) is 4.79 Å². The molecule has 0 unspecified atom stereocenters. The second kappa shape index (κ2) is 3.01. The molecule has 3 nitrogen and oxygen atoms in total. The highest BCUT2D eigenvalue weighted by atomic mass is 16.2. The molecule has 0 aliphatic carbocycles. The molecule has 0 radical (unpaired) electrons. The molecule has 0 bridgehead atoms. The summed E-state index contributed by atoms with van der Waals surface area (Å²) in [7, 11) is 0. The lowest BCUT2D eigenvalue weighted by Crippen LogP contribution is -2.50. The Morgan fingerprint density at radius 3 is 2.00 bits per heavy atom. The lowest BCUT2D eigenvalue weighted by atomic mass is 10.1. The first-order valence-corrected chi connectivity index (χ1v) is 3.44. The summed E-state index contributed by atoms with van der Waals surface area (Å²) in [6.07, 6.45) is 0. The topological polar surface area (TPSA) is 55.1 Å². The number of carbonyl (C=O) groups excluding carboxylic acids is 1. The van der Waals surface area contributed by atoms with E-state index in [0.717, 1.165) is 0 Å². The molecule has 3 heteroatoms. The van der Waals surface area contributed by atoms with E-state index in [4.69, 9.17) is 5.73 Å². The third-order valence-electron chi connectivity index (χ3n) is 1.00. The molecule has 0 aliphatic rings. The Labute approximate surface area is 62.0 Å². The molecular weight excluding hydrogens is 128 g/mol. The maximum absolute atomic E-state index is 11.0. The summed E-state index contributed by atoms with van der Waals surface area (Å²) in [6.45, 7) is 7.18. The largest absolute Gasteiger partial charge is 0.352 e. The second-order valence-corrected chi connectivity index (χ2v) is 3.35. The van der Waals surface area contributed by atoms with Gasteiger partial charge in [-0.25, -0.2) is 0 Å². The number of carbonyl (C=O) groups is 1. The van der Waals surface area contributed by atoms with Gasteiger partial charge in [-0.2, -0.15) is 0 Å². The van der Waals surface area contributed by atoms with Crippen LogP contribution in [0.5, 0.6) is 0 Å². The van der Waals surface area contributed by atoms with E-state index in [2.05, 4.69) is 5.32 Å². The average Bonchev–Trinajstić information content (AvgIpc) is 1.60. The maximum atomic E-state index is 11.0. The molecule has 0 aromatic heterocycles. The molecule has 0 rings (SSSR count).